The van der Waals surface area contributed by atoms with Gasteiger partial charge < -0.3 is 4.42 Å². The fourth-order valence-electron chi connectivity index (χ4n) is 9.76. The molecule has 38 radical (unpaired) electrons. The van der Waals surface area contributed by atoms with Gasteiger partial charge in [0.25, 0.3) is 0 Å². The molecule has 0 atom stereocenters. The van der Waals surface area contributed by atoms with E-state index in [1.807, 2.05) is 54.6 Å². The second-order valence-electron chi connectivity index (χ2n) is 16.4. The van der Waals surface area contributed by atoms with Crippen molar-refractivity contribution in [1.29, 1.82) is 0 Å². The van der Waals surface area contributed by atoms with Crippen molar-refractivity contribution in [2.45, 2.75) is 0 Å². The van der Waals surface area contributed by atoms with Gasteiger partial charge >= 0.3 is 0 Å². The summed E-state index contributed by atoms with van der Waals surface area (Å²) in [5, 5.41) is 5.11. The Morgan fingerprint density at radius 3 is 1.05 bits per heavy atom. The first-order chi connectivity index (χ1) is 31.2. The first kappa shape index (κ1) is 44.9. The number of furan rings is 1. The Labute approximate surface area is 407 Å². The summed E-state index contributed by atoms with van der Waals surface area (Å²) in [7, 11) is 129. The Balaban J connectivity index is 1.41. The minimum atomic E-state index is -0.145. The molecule has 1 aromatic heterocycles. The molecule has 1 heterocycles. The predicted molar refractivity (Wildman–Crippen MR) is 302 cm³/mol. The second kappa shape index (κ2) is 15.5. The van der Waals surface area contributed by atoms with Crippen LogP contribution >= 0.6 is 0 Å². The normalized spacial score (nSPS) is 11.9. The highest BCUT2D eigenvalue weighted by Gasteiger charge is 2.30. The van der Waals surface area contributed by atoms with E-state index in [1.165, 1.54) is 0 Å². The zero-order valence-corrected chi connectivity index (χ0v) is 35.1. The van der Waals surface area contributed by atoms with Crippen LogP contribution < -0.4 is 104 Å². The van der Waals surface area contributed by atoms with Gasteiger partial charge in [0.1, 0.15) is 160 Å². The molecule has 9 aromatic carbocycles. The molecular weight excluding hydrogens is 774 g/mol. The maximum atomic E-state index is 7.19. The van der Waals surface area contributed by atoms with Gasteiger partial charge in [-0.15, -0.1) is 32.8 Å². The summed E-state index contributed by atoms with van der Waals surface area (Å²) in [6.07, 6.45) is 0. The quantitative estimate of drug-likeness (QED) is 0.0988. The molecule has 20 heteroatoms. The van der Waals surface area contributed by atoms with Crippen molar-refractivity contribution in [3.8, 4) is 33.4 Å². The highest BCUT2D eigenvalue weighted by Crippen LogP contribution is 2.44. The second-order valence-corrected chi connectivity index (χ2v) is 16.4. The first-order valence-electron chi connectivity index (χ1n) is 20.1. The third kappa shape index (κ3) is 5.81. The van der Waals surface area contributed by atoms with Crippen LogP contribution in [0.3, 0.4) is 0 Å². The van der Waals surface area contributed by atoms with Gasteiger partial charge in [-0.1, -0.05) is 120 Å². The molecular formula is C46H9B19O. The molecule has 0 aliphatic rings. The molecule has 10 aromatic rings. The van der Waals surface area contributed by atoms with Crippen molar-refractivity contribution in [3.63, 3.8) is 0 Å². The SMILES string of the molecule is [B]c1c([B])c(-c2c3c([B])c([B])c([B])c([B])c3c(-c3cc4ccccc4c4ccccc34)c3c([B])c([B])c([B])c([B])c23)c([B])c([B])c1-c1c([B])c([B])c2oc3c([B])c([B])c([B])c([B])c3c2c1[B]. The Morgan fingerprint density at radius 2 is 0.561 bits per heavy atom. The van der Waals surface area contributed by atoms with Crippen molar-refractivity contribution in [1.82, 2.24) is 0 Å². The van der Waals surface area contributed by atoms with Gasteiger partial charge in [-0.3, -0.25) is 0 Å². The average molecular weight is 783 g/mol. The Hall–Kier alpha value is -4.95. The fourth-order valence-corrected chi connectivity index (χ4v) is 9.76. The van der Waals surface area contributed by atoms with Gasteiger partial charge in [0, 0.05) is 10.8 Å². The van der Waals surface area contributed by atoms with Crippen molar-refractivity contribution in [3.05, 3.63) is 54.6 Å². The molecule has 0 unspecified atom stereocenters. The van der Waals surface area contributed by atoms with Gasteiger partial charge in [-0.25, -0.2) is 0 Å². The zero-order valence-electron chi connectivity index (χ0n) is 35.1. The maximum absolute atomic E-state index is 7.19. The number of rotatable bonds is 3. The Kier molecular flexibility index (Phi) is 10.6. The number of benzene rings is 9. The molecule has 1 nitrogen and oxygen atoms in total. The van der Waals surface area contributed by atoms with E-state index in [-0.39, 0.29) is 159 Å². The molecule has 0 bridgehead atoms. The van der Waals surface area contributed by atoms with Crippen LogP contribution in [0.2, 0.25) is 0 Å². The van der Waals surface area contributed by atoms with Gasteiger partial charge in [0.2, 0.25) is 0 Å². The third-order valence-corrected chi connectivity index (χ3v) is 13.1. The standard InChI is InChI=1S/C46H9B19O/c47-26-22(35(56)43(64)45-24(26)25-36(57)41(62)42(63)44(65)46(25)66-45)23-33(54)31(52)21(32(53)34(23)55)16-19-17(27(48)37(58)39(60)29(19)50)15(18-20(16)30(51)40(61)38(59)28(18)49)14-9-10-5-1-2-6-11(10)12-7-3-4-8-13(12)14/h1-9H. The van der Waals surface area contributed by atoms with Gasteiger partial charge in [0.05, 0.1) is 0 Å². The van der Waals surface area contributed by atoms with Crippen molar-refractivity contribution < 1.29 is 4.42 Å². The number of fused-ring (bicyclic) bond motifs is 8. The van der Waals surface area contributed by atoms with Gasteiger partial charge in [-0.2, -0.15) is 0 Å². The summed E-state index contributed by atoms with van der Waals surface area (Å²) < 4.78 is 6.09. The van der Waals surface area contributed by atoms with E-state index < -0.39 is 0 Å². The van der Waals surface area contributed by atoms with Crippen LogP contribution in [0.5, 0.6) is 0 Å². The van der Waals surface area contributed by atoms with Crippen LogP contribution in [0.25, 0.3) is 98.4 Å². The summed E-state index contributed by atoms with van der Waals surface area (Å²) in [5.74, 6) is 0. The van der Waals surface area contributed by atoms with Crippen molar-refractivity contribution >= 4 is 318 Å². The summed E-state index contributed by atoms with van der Waals surface area (Å²) >= 11 is 0. The van der Waals surface area contributed by atoms with Gasteiger partial charge in [-0.05, 0) is 82.5 Å². The molecule has 256 valence electrons. The zero-order chi connectivity index (χ0) is 47.4. The van der Waals surface area contributed by atoms with Crippen molar-refractivity contribution in [2.75, 3.05) is 0 Å². The van der Waals surface area contributed by atoms with E-state index in [0.29, 0.717) is 21.9 Å². The summed E-state index contributed by atoms with van der Waals surface area (Å²) in [4.78, 5) is 0. The summed E-state index contributed by atoms with van der Waals surface area (Å²) in [5.41, 5.74) is 0.808. The summed E-state index contributed by atoms with van der Waals surface area (Å²) in [6.45, 7) is 0. The van der Waals surface area contributed by atoms with E-state index in [4.69, 9.17) is 153 Å². The smallest absolute Gasteiger partial charge is 0.127 e. The lowest BCUT2D eigenvalue weighted by molar-refractivity contribution is 0.675. The fraction of sp³-hybridized carbons (Fsp3) is 0. The van der Waals surface area contributed by atoms with E-state index in [0.717, 1.165) is 21.5 Å². The van der Waals surface area contributed by atoms with Crippen LogP contribution in [0, 0.1) is 0 Å². The molecule has 0 saturated heterocycles. The lowest BCUT2D eigenvalue weighted by Gasteiger charge is -2.32. The number of hydrogen-bond donors (Lipinski definition) is 0. The minimum absolute atomic E-state index is 0.000189. The van der Waals surface area contributed by atoms with Crippen molar-refractivity contribution in [2.24, 2.45) is 0 Å². The van der Waals surface area contributed by atoms with Crippen LogP contribution in [0.4, 0.5) is 0 Å². The lowest BCUT2D eigenvalue weighted by atomic mass is 9.56. The number of hydrogen-bond acceptors (Lipinski definition) is 1. The molecule has 66 heavy (non-hydrogen) atoms. The molecule has 0 N–H and O–H groups in total. The predicted octanol–water partition coefficient (Wildman–Crippen LogP) is -9.72. The first-order valence-corrected chi connectivity index (χ1v) is 20.1. The van der Waals surface area contributed by atoms with Crippen LogP contribution in [-0.2, 0) is 0 Å². The lowest BCUT2D eigenvalue weighted by Crippen LogP contribution is -2.51. The summed E-state index contributed by atoms with van der Waals surface area (Å²) in [6, 6.07) is 17.8. The molecule has 0 aliphatic carbocycles. The third-order valence-electron chi connectivity index (χ3n) is 13.1. The van der Waals surface area contributed by atoms with Crippen LogP contribution in [0.1, 0.15) is 0 Å². The monoisotopic (exact) mass is 786 g/mol. The molecule has 10 rings (SSSR count). The van der Waals surface area contributed by atoms with Crippen LogP contribution in [0.15, 0.2) is 59.0 Å². The molecule has 0 aliphatic heterocycles. The van der Waals surface area contributed by atoms with E-state index >= 15 is 0 Å². The highest BCUT2D eigenvalue weighted by atomic mass is 16.3. The van der Waals surface area contributed by atoms with Gasteiger partial charge in [0.15, 0.2) is 0 Å². The Bertz CT molecular complexity index is 3820. The molecule has 0 fully saturated rings. The van der Waals surface area contributed by atoms with E-state index in [1.54, 1.807) is 0 Å². The van der Waals surface area contributed by atoms with Crippen LogP contribution in [-0.4, -0.2) is 149 Å². The van der Waals surface area contributed by atoms with E-state index in [2.05, 4.69) is 0 Å². The van der Waals surface area contributed by atoms with E-state index in [9.17, 15) is 0 Å². The highest BCUT2D eigenvalue weighted by molar-refractivity contribution is 6.74. The Morgan fingerprint density at radius 1 is 0.242 bits per heavy atom. The largest absolute Gasteiger partial charge is 0.457 e. The maximum Gasteiger partial charge on any atom is 0.127 e. The molecule has 0 spiro atoms. The average Bonchev–Trinajstić information content (AvgIpc) is 3.73. The minimum Gasteiger partial charge on any atom is -0.457 e. The topological polar surface area (TPSA) is 13.1 Å². The molecule has 0 amide bonds. The molecule has 0 saturated carbocycles.